The van der Waals surface area contributed by atoms with E-state index in [-0.39, 0.29) is 11.4 Å². The summed E-state index contributed by atoms with van der Waals surface area (Å²) in [6, 6.07) is 6.60. The third kappa shape index (κ3) is 6.90. The second-order valence-electron chi connectivity index (χ2n) is 6.10. The molecule has 1 atom stereocenters. The van der Waals surface area contributed by atoms with Crippen LogP contribution in [0.1, 0.15) is 43.5 Å². The molecule has 1 amide bonds. The number of rotatable bonds is 9. The SMILES string of the molecule is CCCCCNc1ncc(F)c(Nc2ccccc2C(=O)NC(C)(O)I)n1. The van der Waals surface area contributed by atoms with Gasteiger partial charge in [-0.15, -0.1) is 0 Å². The zero-order valence-electron chi connectivity index (χ0n) is 15.2. The number of benzene rings is 1. The molecule has 0 aliphatic rings. The van der Waals surface area contributed by atoms with Crippen LogP contribution in [0.15, 0.2) is 30.5 Å². The quantitative estimate of drug-likeness (QED) is 0.141. The Balaban J connectivity index is 2.18. The number of para-hydroxylation sites is 1. The standard InChI is InChI=1S/C18H23FIN5O2/c1-3-4-7-10-21-17-22-11-13(19)15(24-17)23-14-9-6-5-8-12(14)16(26)25-18(2,20)27/h5-6,8-9,11,27H,3-4,7,10H2,1-2H3,(H,25,26)(H2,21,22,23,24). The van der Waals surface area contributed by atoms with Crippen LogP contribution in [-0.2, 0) is 0 Å². The maximum Gasteiger partial charge on any atom is 0.256 e. The first-order valence-corrected chi connectivity index (χ1v) is 9.74. The van der Waals surface area contributed by atoms with Crippen molar-refractivity contribution < 1.29 is 14.3 Å². The number of alkyl halides is 1. The van der Waals surface area contributed by atoms with Gasteiger partial charge < -0.3 is 21.1 Å². The molecule has 4 N–H and O–H groups in total. The molecule has 0 saturated heterocycles. The van der Waals surface area contributed by atoms with E-state index in [1.54, 1.807) is 46.9 Å². The number of amides is 1. The van der Waals surface area contributed by atoms with Crippen LogP contribution in [0.3, 0.4) is 0 Å². The highest BCUT2D eigenvalue weighted by Crippen LogP contribution is 2.23. The van der Waals surface area contributed by atoms with Crippen LogP contribution >= 0.6 is 22.6 Å². The van der Waals surface area contributed by atoms with Crippen molar-refractivity contribution in [3.8, 4) is 0 Å². The summed E-state index contributed by atoms with van der Waals surface area (Å²) in [4.78, 5) is 20.5. The van der Waals surface area contributed by atoms with Crippen LogP contribution < -0.4 is 16.0 Å². The van der Waals surface area contributed by atoms with Gasteiger partial charge in [0, 0.05) is 6.54 Å². The average Bonchev–Trinajstić information content (AvgIpc) is 2.60. The molecule has 9 heteroatoms. The molecule has 0 fully saturated rings. The summed E-state index contributed by atoms with van der Waals surface area (Å²) in [5.74, 6) is -0.855. The lowest BCUT2D eigenvalue weighted by molar-refractivity contribution is 0.0785. The number of unbranched alkanes of at least 4 members (excludes halogenated alkanes) is 2. The van der Waals surface area contributed by atoms with Crippen molar-refractivity contribution in [2.75, 3.05) is 17.2 Å². The molecule has 0 saturated carbocycles. The maximum absolute atomic E-state index is 14.1. The Hall–Kier alpha value is -2.01. The van der Waals surface area contributed by atoms with Gasteiger partial charge in [-0.1, -0.05) is 31.9 Å². The van der Waals surface area contributed by atoms with E-state index >= 15 is 0 Å². The van der Waals surface area contributed by atoms with Crippen molar-refractivity contribution >= 4 is 46.0 Å². The molecule has 0 spiro atoms. The van der Waals surface area contributed by atoms with Gasteiger partial charge in [-0.2, -0.15) is 4.98 Å². The van der Waals surface area contributed by atoms with Crippen LogP contribution in [0.2, 0.25) is 0 Å². The molecular weight excluding hydrogens is 464 g/mol. The molecule has 146 valence electrons. The molecule has 0 aliphatic carbocycles. The Bertz CT molecular complexity index is 783. The minimum atomic E-state index is -1.41. The molecule has 1 heterocycles. The molecule has 1 unspecified atom stereocenters. The summed E-state index contributed by atoms with van der Waals surface area (Å²) in [7, 11) is 0. The fourth-order valence-corrected chi connectivity index (χ4v) is 2.55. The Labute approximate surface area is 171 Å². The number of carbonyl (C=O) groups is 1. The molecule has 27 heavy (non-hydrogen) atoms. The second-order valence-corrected chi connectivity index (χ2v) is 8.20. The zero-order valence-corrected chi connectivity index (χ0v) is 17.4. The van der Waals surface area contributed by atoms with Crippen molar-refractivity contribution in [3.05, 3.63) is 41.8 Å². The second kappa shape index (κ2) is 9.79. The Morgan fingerprint density at radius 2 is 2.07 bits per heavy atom. The molecule has 2 rings (SSSR count). The van der Waals surface area contributed by atoms with Crippen LogP contribution in [-0.4, -0.2) is 31.3 Å². The zero-order chi connectivity index (χ0) is 19.9. The number of aliphatic hydroxyl groups is 1. The van der Waals surface area contributed by atoms with Gasteiger partial charge in [0.15, 0.2) is 15.4 Å². The molecule has 1 aromatic carbocycles. The number of hydrogen-bond acceptors (Lipinski definition) is 6. The van der Waals surface area contributed by atoms with E-state index in [1.165, 1.54) is 6.92 Å². The number of carbonyl (C=O) groups excluding carboxylic acids is 1. The Morgan fingerprint density at radius 3 is 2.78 bits per heavy atom. The summed E-state index contributed by atoms with van der Waals surface area (Å²) < 4.78 is 12.7. The van der Waals surface area contributed by atoms with Gasteiger partial charge in [-0.05, 0) is 48.1 Å². The van der Waals surface area contributed by atoms with Crippen LogP contribution in [0.4, 0.5) is 21.8 Å². The summed E-state index contributed by atoms with van der Waals surface area (Å²) in [6.07, 6.45) is 4.24. The van der Waals surface area contributed by atoms with E-state index in [0.29, 0.717) is 18.2 Å². The number of aromatic nitrogens is 2. The molecule has 0 bridgehead atoms. The van der Waals surface area contributed by atoms with Crippen molar-refractivity contribution in [1.82, 2.24) is 15.3 Å². The lowest BCUT2D eigenvalue weighted by Gasteiger charge is -2.19. The van der Waals surface area contributed by atoms with Gasteiger partial charge in [0.25, 0.3) is 5.91 Å². The van der Waals surface area contributed by atoms with Crippen molar-refractivity contribution in [1.29, 1.82) is 0 Å². The lowest BCUT2D eigenvalue weighted by atomic mass is 10.1. The van der Waals surface area contributed by atoms with E-state index in [1.807, 2.05) is 0 Å². The molecule has 7 nitrogen and oxygen atoms in total. The number of anilines is 3. The normalized spacial score (nSPS) is 12.9. The fourth-order valence-electron chi connectivity index (χ4n) is 2.31. The predicted octanol–water partition coefficient (Wildman–Crippen LogP) is 3.79. The lowest BCUT2D eigenvalue weighted by Crippen LogP contribution is -2.40. The highest BCUT2D eigenvalue weighted by molar-refractivity contribution is 14.1. The molecule has 0 aliphatic heterocycles. The molecule has 0 radical (unpaired) electrons. The first-order valence-electron chi connectivity index (χ1n) is 8.66. The van der Waals surface area contributed by atoms with Crippen LogP contribution in [0.25, 0.3) is 0 Å². The topological polar surface area (TPSA) is 99.2 Å². The summed E-state index contributed by atoms with van der Waals surface area (Å²) in [5, 5.41) is 18.1. The first kappa shape index (κ1) is 21.3. The summed E-state index contributed by atoms with van der Waals surface area (Å²) in [6.45, 7) is 4.26. The van der Waals surface area contributed by atoms with Crippen molar-refractivity contribution in [2.45, 2.75) is 36.8 Å². The first-order chi connectivity index (χ1) is 12.8. The largest absolute Gasteiger partial charge is 0.363 e. The summed E-state index contributed by atoms with van der Waals surface area (Å²) in [5.41, 5.74) is 0.620. The minimum absolute atomic E-state index is 0.0375. The van der Waals surface area contributed by atoms with Crippen LogP contribution in [0.5, 0.6) is 0 Å². The van der Waals surface area contributed by atoms with Gasteiger partial charge in [0.1, 0.15) is 0 Å². The van der Waals surface area contributed by atoms with Gasteiger partial charge in [-0.3, -0.25) is 4.79 Å². The fraction of sp³-hybridized carbons (Fsp3) is 0.389. The Morgan fingerprint density at radius 1 is 1.33 bits per heavy atom. The monoisotopic (exact) mass is 487 g/mol. The smallest absolute Gasteiger partial charge is 0.256 e. The van der Waals surface area contributed by atoms with Crippen molar-refractivity contribution in [2.24, 2.45) is 0 Å². The molecule has 2 aromatic rings. The number of nitrogens with one attached hydrogen (secondary N) is 3. The number of halogens is 2. The highest BCUT2D eigenvalue weighted by Gasteiger charge is 2.21. The van der Waals surface area contributed by atoms with E-state index in [2.05, 4.69) is 32.8 Å². The maximum atomic E-state index is 14.1. The number of nitrogens with zero attached hydrogens (tertiary/aromatic N) is 2. The van der Waals surface area contributed by atoms with Gasteiger partial charge in [0.2, 0.25) is 5.95 Å². The third-order valence-electron chi connectivity index (χ3n) is 3.57. The van der Waals surface area contributed by atoms with Crippen molar-refractivity contribution in [3.63, 3.8) is 0 Å². The minimum Gasteiger partial charge on any atom is -0.363 e. The Kier molecular flexibility index (Phi) is 7.72. The van der Waals surface area contributed by atoms with Gasteiger partial charge in [0.05, 0.1) is 17.4 Å². The number of hydrogen-bond donors (Lipinski definition) is 4. The highest BCUT2D eigenvalue weighted by atomic mass is 127. The summed E-state index contributed by atoms with van der Waals surface area (Å²) >= 11 is 1.70. The van der Waals surface area contributed by atoms with E-state index in [9.17, 15) is 14.3 Å². The van der Waals surface area contributed by atoms with Crippen LogP contribution in [0, 0.1) is 5.82 Å². The van der Waals surface area contributed by atoms with E-state index in [0.717, 1.165) is 25.5 Å². The third-order valence-corrected chi connectivity index (χ3v) is 3.84. The predicted molar refractivity (Wildman–Crippen MR) is 112 cm³/mol. The average molecular weight is 487 g/mol. The van der Waals surface area contributed by atoms with Gasteiger partial charge >= 0.3 is 0 Å². The molecule has 1 aromatic heterocycles. The van der Waals surface area contributed by atoms with E-state index in [4.69, 9.17) is 0 Å². The molecular formula is C18H23FIN5O2. The van der Waals surface area contributed by atoms with Gasteiger partial charge in [-0.25, -0.2) is 9.37 Å². The van der Waals surface area contributed by atoms with E-state index < -0.39 is 15.5 Å².